The first-order valence-corrected chi connectivity index (χ1v) is 16.0. The van der Waals surface area contributed by atoms with Crippen LogP contribution in [0.4, 0.5) is 4.79 Å². The number of aliphatic imine (C=N–C) groups is 1. The van der Waals surface area contributed by atoms with Gasteiger partial charge in [-0.15, -0.1) is 0 Å². The largest absolute Gasteiger partial charge is 0.464 e. The molecule has 0 aromatic heterocycles. The minimum Gasteiger partial charge on any atom is -0.464 e. The Morgan fingerprint density at radius 1 is 0.638 bits per heavy atom. The zero-order valence-electron chi connectivity index (χ0n) is 27.0. The molecule has 4 aromatic rings. The lowest BCUT2D eigenvalue weighted by Gasteiger charge is -2.25. The maximum atomic E-state index is 14.0. The van der Waals surface area contributed by atoms with Crippen molar-refractivity contribution in [2.24, 2.45) is 4.99 Å². The summed E-state index contributed by atoms with van der Waals surface area (Å²) in [5.41, 5.74) is 4.38. The molecule has 2 N–H and O–H groups in total. The van der Waals surface area contributed by atoms with Gasteiger partial charge in [0, 0.05) is 12.1 Å². The van der Waals surface area contributed by atoms with E-state index in [0.717, 1.165) is 22.3 Å². The van der Waals surface area contributed by atoms with Crippen LogP contribution >= 0.6 is 0 Å². The fourth-order valence-corrected chi connectivity index (χ4v) is 5.15. The molecule has 8 nitrogen and oxygen atoms in total. The molecule has 4 rings (SSSR count). The van der Waals surface area contributed by atoms with E-state index in [0.29, 0.717) is 25.0 Å². The van der Waals surface area contributed by atoms with Crippen molar-refractivity contribution in [1.82, 2.24) is 10.6 Å². The van der Waals surface area contributed by atoms with Crippen molar-refractivity contribution in [3.05, 3.63) is 144 Å². The van der Waals surface area contributed by atoms with Crippen molar-refractivity contribution in [2.75, 3.05) is 6.61 Å². The highest BCUT2D eigenvalue weighted by atomic mass is 16.5. The number of hydrogen-bond acceptors (Lipinski definition) is 6. The second-order valence-corrected chi connectivity index (χ2v) is 11.3. The van der Waals surface area contributed by atoms with Gasteiger partial charge in [0.1, 0.15) is 18.7 Å². The molecule has 47 heavy (non-hydrogen) atoms. The highest BCUT2D eigenvalue weighted by Gasteiger charge is 2.27. The molecule has 0 aliphatic carbocycles. The Labute approximate surface area is 277 Å². The van der Waals surface area contributed by atoms with E-state index < -0.39 is 36.1 Å². The second kappa shape index (κ2) is 18.7. The molecule has 0 bridgehead atoms. The van der Waals surface area contributed by atoms with Gasteiger partial charge in [0.25, 0.3) is 0 Å². The molecule has 0 spiro atoms. The number of hydrogen-bond donors (Lipinski definition) is 2. The number of amides is 2. The summed E-state index contributed by atoms with van der Waals surface area (Å²) in [7, 11) is 0. The van der Waals surface area contributed by atoms with Gasteiger partial charge < -0.3 is 20.1 Å². The maximum absolute atomic E-state index is 14.0. The average molecular weight is 634 g/mol. The number of rotatable bonds is 16. The van der Waals surface area contributed by atoms with E-state index in [2.05, 4.69) is 10.6 Å². The Hall–Kier alpha value is -5.24. The van der Waals surface area contributed by atoms with Gasteiger partial charge in [-0.3, -0.25) is 9.79 Å². The molecule has 0 heterocycles. The van der Waals surface area contributed by atoms with Gasteiger partial charge in [-0.2, -0.15) is 0 Å². The van der Waals surface area contributed by atoms with E-state index >= 15 is 0 Å². The van der Waals surface area contributed by atoms with Crippen LogP contribution in [-0.4, -0.2) is 48.4 Å². The van der Waals surface area contributed by atoms with Crippen LogP contribution in [0, 0.1) is 0 Å². The first kappa shape index (κ1) is 34.6. The normalized spacial score (nSPS) is 13.1. The minimum atomic E-state index is -0.925. The number of carbonyl (C=O) groups excluding carboxylic acids is 3. The second-order valence-electron chi connectivity index (χ2n) is 11.3. The standard InChI is InChI=1S/C39H43N3O5/c1-3-46-38(44)34(25-24-30-16-8-4-9-17-30)40-29(2)35(26-31-18-10-5-11-19-31)41-37(43)36(27-32-20-12-6-13-21-32)42-39(45)47-28-33-22-14-7-15-23-33/h4-23,34-36H,3,24-28H2,1-2H3,(H,41,43)(H,42,45)/t34-,35?,36-/m1/s1. The van der Waals surface area contributed by atoms with E-state index in [1.165, 1.54) is 0 Å². The summed E-state index contributed by atoms with van der Waals surface area (Å²) >= 11 is 0. The molecule has 0 aliphatic rings. The van der Waals surface area contributed by atoms with Gasteiger partial charge in [0.15, 0.2) is 0 Å². The average Bonchev–Trinajstić information content (AvgIpc) is 3.10. The molecule has 0 saturated carbocycles. The van der Waals surface area contributed by atoms with Crippen LogP contribution in [-0.2, 0) is 44.9 Å². The molecule has 2 amide bonds. The number of carbonyl (C=O) groups is 3. The quantitative estimate of drug-likeness (QED) is 0.112. The summed E-state index contributed by atoms with van der Waals surface area (Å²) in [5.74, 6) is -0.796. The fraction of sp³-hybridized carbons (Fsp3) is 0.282. The van der Waals surface area contributed by atoms with E-state index in [4.69, 9.17) is 14.5 Å². The topological polar surface area (TPSA) is 106 Å². The van der Waals surface area contributed by atoms with Crippen LogP contribution in [0.25, 0.3) is 0 Å². The summed E-state index contributed by atoms with van der Waals surface area (Å²) in [5, 5.41) is 5.89. The molecule has 244 valence electrons. The van der Waals surface area contributed by atoms with Crippen LogP contribution < -0.4 is 10.6 Å². The Balaban J connectivity index is 1.56. The van der Waals surface area contributed by atoms with E-state index in [-0.39, 0.29) is 19.6 Å². The lowest BCUT2D eigenvalue weighted by molar-refractivity contribution is -0.144. The molecular formula is C39H43N3O5. The minimum absolute atomic E-state index is 0.0764. The molecular weight excluding hydrogens is 590 g/mol. The number of nitrogens with zero attached hydrogens (tertiary/aromatic N) is 1. The molecule has 0 radical (unpaired) electrons. The number of nitrogens with one attached hydrogen (secondary N) is 2. The predicted molar refractivity (Wildman–Crippen MR) is 184 cm³/mol. The zero-order valence-corrected chi connectivity index (χ0v) is 27.0. The highest BCUT2D eigenvalue weighted by Crippen LogP contribution is 2.13. The number of esters is 1. The zero-order chi connectivity index (χ0) is 33.3. The third kappa shape index (κ3) is 11.9. The van der Waals surface area contributed by atoms with Gasteiger partial charge in [0.2, 0.25) is 5.91 Å². The predicted octanol–water partition coefficient (Wildman–Crippen LogP) is 6.28. The van der Waals surface area contributed by atoms with Crippen molar-refractivity contribution in [3.8, 4) is 0 Å². The molecule has 4 aromatic carbocycles. The fourth-order valence-electron chi connectivity index (χ4n) is 5.15. The summed E-state index contributed by atoms with van der Waals surface area (Å²) in [6.45, 7) is 3.90. The van der Waals surface area contributed by atoms with E-state index in [9.17, 15) is 14.4 Å². The molecule has 3 atom stereocenters. The Kier molecular flexibility index (Phi) is 13.8. The molecule has 0 fully saturated rings. The SMILES string of the molecule is CCOC(=O)[C@@H](CCc1ccccc1)N=C(C)C(Cc1ccccc1)NC(=O)[C@@H](Cc1ccccc1)NC(=O)OCc1ccccc1. The summed E-state index contributed by atoms with van der Waals surface area (Å²) in [6.07, 6.45) is 1.09. The Morgan fingerprint density at radius 2 is 1.13 bits per heavy atom. The highest BCUT2D eigenvalue weighted by molar-refractivity contribution is 5.95. The van der Waals surface area contributed by atoms with E-state index in [1.54, 1.807) is 6.92 Å². The molecule has 0 aliphatic heterocycles. The van der Waals surface area contributed by atoms with Crippen molar-refractivity contribution in [1.29, 1.82) is 0 Å². The monoisotopic (exact) mass is 633 g/mol. The third-order valence-electron chi connectivity index (χ3n) is 7.67. The third-order valence-corrected chi connectivity index (χ3v) is 7.67. The van der Waals surface area contributed by atoms with Crippen molar-refractivity contribution < 1.29 is 23.9 Å². The maximum Gasteiger partial charge on any atom is 0.408 e. The smallest absolute Gasteiger partial charge is 0.408 e. The van der Waals surface area contributed by atoms with Crippen LogP contribution in [0.15, 0.2) is 126 Å². The van der Waals surface area contributed by atoms with E-state index in [1.807, 2.05) is 128 Å². The van der Waals surface area contributed by atoms with Crippen molar-refractivity contribution in [2.45, 2.75) is 64.3 Å². The molecule has 8 heteroatoms. The first-order valence-electron chi connectivity index (χ1n) is 16.0. The van der Waals surface area contributed by atoms with Gasteiger partial charge in [0.05, 0.1) is 12.6 Å². The van der Waals surface area contributed by atoms with Gasteiger partial charge in [-0.25, -0.2) is 9.59 Å². The van der Waals surface area contributed by atoms with Crippen molar-refractivity contribution >= 4 is 23.7 Å². The van der Waals surface area contributed by atoms with Crippen LogP contribution in [0.3, 0.4) is 0 Å². The lowest BCUT2D eigenvalue weighted by atomic mass is 10.00. The number of aryl methyl sites for hydroxylation is 1. The Morgan fingerprint density at radius 3 is 1.66 bits per heavy atom. The van der Waals surface area contributed by atoms with Crippen LogP contribution in [0.5, 0.6) is 0 Å². The van der Waals surface area contributed by atoms with Gasteiger partial charge >= 0.3 is 12.1 Å². The van der Waals surface area contributed by atoms with Crippen LogP contribution in [0.2, 0.25) is 0 Å². The number of alkyl carbamates (subject to hydrolysis) is 1. The lowest BCUT2D eigenvalue weighted by Crippen LogP contribution is -2.53. The van der Waals surface area contributed by atoms with Gasteiger partial charge in [-0.05, 0) is 55.4 Å². The first-order chi connectivity index (χ1) is 22.9. The summed E-state index contributed by atoms with van der Waals surface area (Å²) in [6, 6.07) is 36.3. The Bertz CT molecular complexity index is 1560. The number of benzene rings is 4. The summed E-state index contributed by atoms with van der Waals surface area (Å²) < 4.78 is 10.8. The molecule has 1 unspecified atom stereocenters. The van der Waals surface area contributed by atoms with Crippen LogP contribution in [0.1, 0.15) is 42.5 Å². The molecule has 0 saturated heterocycles. The number of ether oxygens (including phenoxy) is 2. The van der Waals surface area contributed by atoms with Gasteiger partial charge in [-0.1, -0.05) is 121 Å². The summed E-state index contributed by atoms with van der Waals surface area (Å²) in [4.78, 5) is 44.7. The van der Waals surface area contributed by atoms with Crippen molar-refractivity contribution in [3.63, 3.8) is 0 Å².